The third-order valence-corrected chi connectivity index (χ3v) is 13.7. The summed E-state index contributed by atoms with van der Waals surface area (Å²) in [5.41, 5.74) is 15.3. The third-order valence-electron chi connectivity index (χ3n) is 13.7. The molecule has 5 aromatic heterocycles. The molecular weight excluding hydrogens is 805 g/mol. The van der Waals surface area contributed by atoms with E-state index in [0.717, 1.165) is 77.5 Å². The van der Waals surface area contributed by atoms with Crippen LogP contribution >= 0.6 is 0 Å². The van der Waals surface area contributed by atoms with Crippen LogP contribution in [0.4, 0.5) is 0 Å². The van der Waals surface area contributed by atoms with Crippen molar-refractivity contribution in [3.8, 4) is 39.9 Å². The van der Waals surface area contributed by atoms with Crippen LogP contribution in [0, 0.1) is 11.3 Å². The number of pyridine rings is 1. The zero-order chi connectivity index (χ0) is 43.5. The van der Waals surface area contributed by atoms with Crippen molar-refractivity contribution in [2.75, 3.05) is 0 Å². The van der Waals surface area contributed by atoms with Crippen molar-refractivity contribution < 1.29 is 0 Å². The van der Waals surface area contributed by atoms with E-state index in [0.29, 0.717) is 5.56 Å². The molecule has 0 radical (unpaired) electrons. The molecular formula is C60H36N6. The number of nitrogens with zero attached hydrogens (tertiary/aromatic N) is 6. The lowest BCUT2D eigenvalue weighted by Gasteiger charge is -2.19. The lowest BCUT2D eigenvalue weighted by atomic mass is 9.99. The Morgan fingerprint density at radius 3 is 1.09 bits per heavy atom. The van der Waals surface area contributed by atoms with Crippen LogP contribution in [0.15, 0.2) is 219 Å². The summed E-state index contributed by atoms with van der Waals surface area (Å²) in [4.78, 5) is 4.50. The van der Waals surface area contributed by atoms with Crippen LogP contribution in [-0.2, 0) is 0 Å². The summed E-state index contributed by atoms with van der Waals surface area (Å²) in [6, 6.07) is 76.5. The summed E-state index contributed by atoms with van der Waals surface area (Å²) >= 11 is 0. The van der Waals surface area contributed by atoms with Crippen molar-refractivity contribution in [2.45, 2.75) is 0 Å². The Morgan fingerprint density at radius 1 is 0.333 bits per heavy atom. The van der Waals surface area contributed by atoms with Crippen molar-refractivity contribution in [2.24, 2.45) is 0 Å². The minimum atomic E-state index is 0.573. The minimum Gasteiger partial charge on any atom is -0.309 e. The molecule has 0 aliphatic heterocycles. The smallest absolute Gasteiger partial charge is 0.0999 e. The second kappa shape index (κ2) is 13.9. The summed E-state index contributed by atoms with van der Waals surface area (Å²) in [6.45, 7) is 0. The van der Waals surface area contributed by atoms with Crippen LogP contribution in [0.25, 0.3) is 121 Å². The largest absolute Gasteiger partial charge is 0.309 e. The SMILES string of the molecule is N#Cc1cc(-n2c3ccccc3c3cc(-n4c5ccccc5c5ccccc54)ccc32)c(-n2c3ccccc3c3cc(-n4c5ccccc5c5ccccc54)ccc32)cc1-c1cccnc1. The fourth-order valence-electron chi connectivity index (χ4n) is 10.9. The summed E-state index contributed by atoms with van der Waals surface area (Å²) in [5, 5.41) is 20.5. The highest BCUT2D eigenvalue weighted by Gasteiger charge is 2.24. The molecule has 6 nitrogen and oxygen atoms in total. The molecule has 66 heavy (non-hydrogen) atoms. The molecule has 306 valence electrons. The predicted molar refractivity (Wildman–Crippen MR) is 272 cm³/mol. The maximum Gasteiger partial charge on any atom is 0.0999 e. The summed E-state index contributed by atoms with van der Waals surface area (Å²) in [6.07, 6.45) is 3.62. The molecule has 0 saturated carbocycles. The van der Waals surface area contributed by atoms with E-state index in [9.17, 15) is 5.26 Å². The second-order valence-electron chi connectivity index (χ2n) is 17.1. The summed E-state index contributed by atoms with van der Waals surface area (Å²) < 4.78 is 9.51. The van der Waals surface area contributed by atoms with E-state index in [-0.39, 0.29) is 0 Å². The molecule has 0 spiro atoms. The van der Waals surface area contributed by atoms with Crippen molar-refractivity contribution in [1.82, 2.24) is 23.3 Å². The zero-order valence-electron chi connectivity index (χ0n) is 35.5. The van der Waals surface area contributed by atoms with Gasteiger partial charge in [0.15, 0.2) is 0 Å². The Hall–Kier alpha value is -9.18. The first-order valence-electron chi connectivity index (χ1n) is 22.3. The summed E-state index contributed by atoms with van der Waals surface area (Å²) in [7, 11) is 0. The molecule has 14 rings (SSSR count). The third kappa shape index (κ3) is 5.08. The molecule has 0 aliphatic carbocycles. The number of hydrogen-bond acceptors (Lipinski definition) is 2. The summed E-state index contributed by atoms with van der Waals surface area (Å²) in [5.74, 6) is 0. The highest BCUT2D eigenvalue weighted by atomic mass is 15.1. The van der Waals surface area contributed by atoms with Gasteiger partial charge in [-0.3, -0.25) is 4.98 Å². The fourth-order valence-corrected chi connectivity index (χ4v) is 10.9. The highest BCUT2D eigenvalue weighted by molar-refractivity contribution is 6.15. The van der Waals surface area contributed by atoms with Gasteiger partial charge in [-0.1, -0.05) is 115 Å². The lowest BCUT2D eigenvalue weighted by Crippen LogP contribution is -2.05. The minimum absolute atomic E-state index is 0.573. The molecule has 6 heteroatoms. The van der Waals surface area contributed by atoms with Crippen LogP contribution < -0.4 is 0 Å². The van der Waals surface area contributed by atoms with E-state index < -0.39 is 0 Å². The van der Waals surface area contributed by atoms with E-state index in [1.54, 1.807) is 6.20 Å². The zero-order valence-corrected chi connectivity index (χ0v) is 35.5. The number of aromatic nitrogens is 5. The maximum atomic E-state index is 11.0. The molecule has 0 atom stereocenters. The molecule has 0 saturated heterocycles. The van der Waals surface area contributed by atoms with Gasteiger partial charge in [-0.2, -0.15) is 5.26 Å². The Morgan fingerprint density at radius 2 is 0.697 bits per heavy atom. The van der Waals surface area contributed by atoms with E-state index in [2.05, 4.69) is 223 Å². The molecule has 0 aliphatic rings. The molecule has 0 fully saturated rings. The van der Waals surface area contributed by atoms with Gasteiger partial charge >= 0.3 is 0 Å². The highest BCUT2D eigenvalue weighted by Crippen LogP contribution is 2.43. The second-order valence-corrected chi connectivity index (χ2v) is 17.1. The van der Waals surface area contributed by atoms with Gasteiger partial charge in [0, 0.05) is 78.0 Å². The van der Waals surface area contributed by atoms with Crippen molar-refractivity contribution in [3.05, 3.63) is 224 Å². The standard InChI is InChI=1S/C60H36N6/c61-36-39-32-59(65-55-25-11-5-19-46(55)49-33-40(27-29-57(49)65)63-51-21-7-1-15-42(51)43-16-2-8-22-52(43)63)60(35-48(39)38-14-13-31-62-37-38)66-56-26-12-6-20-47(56)50-34-41(28-30-58(50)66)64-53-23-9-3-17-44(53)45-18-4-10-24-54(45)64/h1-35,37H. The Bertz CT molecular complexity index is 4260. The lowest BCUT2D eigenvalue weighted by molar-refractivity contribution is 1.09. The maximum absolute atomic E-state index is 11.0. The van der Waals surface area contributed by atoms with E-state index in [1.165, 1.54) is 43.6 Å². The van der Waals surface area contributed by atoms with Gasteiger partial charge in [0.1, 0.15) is 0 Å². The van der Waals surface area contributed by atoms with Gasteiger partial charge in [-0.05, 0) is 91.0 Å². The molecule has 5 heterocycles. The number of fused-ring (bicyclic) bond motifs is 12. The first kappa shape index (κ1) is 36.3. The monoisotopic (exact) mass is 840 g/mol. The first-order chi connectivity index (χ1) is 32.7. The molecule has 14 aromatic rings. The predicted octanol–water partition coefficient (Wildman–Crippen LogP) is 15.0. The van der Waals surface area contributed by atoms with Gasteiger partial charge < -0.3 is 18.3 Å². The van der Waals surface area contributed by atoms with E-state index in [4.69, 9.17) is 0 Å². The number of benzene rings is 9. The van der Waals surface area contributed by atoms with Crippen molar-refractivity contribution in [3.63, 3.8) is 0 Å². The quantitative estimate of drug-likeness (QED) is 0.173. The molecule has 9 aromatic carbocycles. The van der Waals surface area contributed by atoms with E-state index >= 15 is 0 Å². The average Bonchev–Trinajstić information content (AvgIpc) is 4.11. The number of para-hydroxylation sites is 6. The van der Waals surface area contributed by atoms with Gasteiger partial charge in [0.25, 0.3) is 0 Å². The topological polar surface area (TPSA) is 56.4 Å². The Balaban J connectivity index is 1.07. The van der Waals surface area contributed by atoms with Gasteiger partial charge in [0.05, 0.1) is 67.1 Å². The van der Waals surface area contributed by atoms with E-state index in [1.807, 2.05) is 18.3 Å². The van der Waals surface area contributed by atoms with Gasteiger partial charge in [-0.25, -0.2) is 0 Å². The van der Waals surface area contributed by atoms with Crippen LogP contribution in [0.3, 0.4) is 0 Å². The normalized spacial score (nSPS) is 11.9. The fraction of sp³-hybridized carbons (Fsp3) is 0. The molecule has 0 bridgehead atoms. The Kier molecular flexibility index (Phi) is 7.65. The van der Waals surface area contributed by atoms with Gasteiger partial charge in [-0.15, -0.1) is 0 Å². The Labute approximate surface area is 378 Å². The van der Waals surface area contributed by atoms with Crippen molar-refractivity contribution >= 4 is 87.2 Å². The van der Waals surface area contributed by atoms with Crippen LogP contribution in [0.1, 0.15) is 5.56 Å². The van der Waals surface area contributed by atoms with Crippen LogP contribution in [0.2, 0.25) is 0 Å². The van der Waals surface area contributed by atoms with Crippen LogP contribution in [-0.4, -0.2) is 23.3 Å². The molecule has 0 N–H and O–H groups in total. The molecule has 0 amide bonds. The molecule has 0 unspecified atom stereocenters. The number of hydrogen-bond donors (Lipinski definition) is 0. The first-order valence-corrected chi connectivity index (χ1v) is 22.3. The average molecular weight is 841 g/mol. The van der Waals surface area contributed by atoms with Crippen molar-refractivity contribution in [1.29, 1.82) is 5.26 Å². The number of nitriles is 1. The van der Waals surface area contributed by atoms with Crippen LogP contribution in [0.5, 0.6) is 0 Å². The number of rotatable bonds is 5. The van der Waals surface area contributed by atoms with Gasteiger partial charge in [0.2, 0.25) is 0 Å².